The SMILES string of the molecule is CCOC(=O)N1CCC(NC(N)=NCCOc2ccc(Br)cc2)CC1.I. The van der Waals surface area contributed by atoms with Crippen LogP contribution in [0.15, 0.2) is 33.7 Å². The van der Waals surface area contributed by atoms with Gasteiger partial charge in [-0.2, -0.15) is 0 Å². The van der Waals surface area contributed by atoms with Crippen LogP contribution in [0.1, 0.15) is 19.8 Å². The van der Waals surface area contributed by atoms with Crippen molar-refractivity contribution in [1.82, 2.24) is 10.2 Å². The van der Waals surface area contributed by atoms with Crippen LogP contribution in [-0.4, -0.2) is 55.8 Å². The Hall–Kier alpha value is -1.23. The summed E-state index contributed by atoms with van der Waals surface area (Å²) in [4.78, 5) is 17.7. The minimum Gasteiger partial charge on any atom is -0.492 e. The summed E-state index contributed by atoms with van der Waals surface area (Å²) >= 11 is 3.38. The van der Waals surface area contributed by atoms with E-state index in [1.165, 1.54) is 0 Å². The Morgan fingerprint density at radius 2 is 2.00 bits per heavy atom. The van der Waals surface area contributed by atoms with E-state index < -0.39 is 0 Å². The van der Waals surface area contributed by atoms with Crippen molar-refractivity contribution >= 4 is 52.0 Å². The molecule has 2 rings (SSSR count). The number of amides is 1. The molecule has 3 N–H and O–H groups in total. The van der Waals surface area contributed by atoms with Crippen LogP contribution < -0.4 is 15.8 Å². The Labute approximate surface area is 179 Å². The Balaban J connectivity index is 0.00000338. The number of hydrogen-bond acceptors (Lipinski definition) is 4. The van der Waals surface area contributed by atoms with Gasteiger partial charge >= 0.3 is 6.09 Å². The van der Waals surface area contributed by atoms with Gasteiger partial charge < -0.3 is 25.4 Å². The average Bonchev–Trinajstić information content (AvgIpc) is 2.61. The Bertz CT molecular complexity index is 578. The minimum absolute atomic E-state index is 0. The highest BCUT2D eigenvalue weighted by Crippen LogP contribution is 2.16. The number of carbonyl (C=O) groups is 1. The van der Waals surface area contributed by atoms with Gasteiger partial charge in [-0.15, -0.1) is 24.0 Å². The van der Waals surface area contributed by atoms with Gasteiger partial charge in [-0.25, -0.2) is 9.79 Å². The number of carbonyl (C=O) groups excluding carboxylic acids is 1. The number of piperidine rings is 1. The summed E-state index contributed by atoms with van der Waals surface area (Å²) in [5.41, 5.74) is 5.92. The quantitative estimate of drug-likeness (QED) is 0.251. The molecule has 1 heterocycles. The normalized spacial score (nSPS) is 15.2. The summed E-state index contributed by atoms with van der Waals surface area (Å²) < 4.78 is 11.6. The molecule has 0 spiro atoms. The molecule has 7 nitrogen and oxygen atoms in total. The lowest BCUT2D eigenvalue weighted by atomic mass is 10.1. The van der Waals surface area contributed by atoms with Crippen molar-refractivity contribution in [3.8, 4) is 5.75 Å². The first-order valence-corrected chi connectivity index (χ1v) is 9.24. The molecule has 1 aliphatic rings. The molecule has 1 aliphatic heterocycles. The van der Waals surface area contributed by atoms with E-state index in [0.29, 0.717) is 38.8 Å². The van der Waals surface area contributed by atoms with Crippen LogP contribution in [0.25, 0.3) is 0 Å². The van der Waals surface area contributed by atoms with Gasteiger partial charge in [0.1, 0.15) is 12.4 Å². The maximum absolute atomic E-state index is 11.7. The van der Waals surface area contributed by atoms with Gasteiger partial charge in [0.15, 0.2) is 5.96 Å². The van der Waals surface area contributed by atoms with E-state index in [4.69, 9.17) is 15.2 Å². The fraction of sp³-hybridized carbons (Fsp3) is 0.529. The molecule has 0 saturated carbocycles. The van der Waals surface area contributed by atoms with E-state index in [9.17, 15) is 4.79 Å². The van der Waals surface area contributed by atoms with Crippen LogP contribution >= 0.6 is 39.9 Å². The minimum atomic E-state index is -0.243. The number of guanidine groups is 1. The van der Waals surface area contributed by atoms with E-state index >= 15 is 0 Å². The molecule has 1 aromatic rings. The lowest BCUT2D eigenvalue weighted by Gasteiger charge is -2.31. The third-order valence-corrected chi connectivity index (χ3v) is 4.36. The first kappa shape index (κ1) is 22.8. The van der Waals surface area contributed by atoms with Crippen molar-refractivity contribution in [3.63, 3.8) is 0 Å². The van der Waals surface area contributed by atoms with E-state index in [1.54, 1.807) is 4.90 Å². The molecule has 1 saturated heterocycles. The number of ether oxygens (including phenoxy) is 2. The Morgan fingerprint density at radius 1 is 1.35 bits per heavy atom. The molecule has 1 amide bonds. The highest BCUT2D eigenvalue weighted by atomic mass is 127. The molecule has 1 fully saturated rings. The summed E-state index contributed by atoms with van der Waals surface area (Å²) in [5, 5.41) is 3.20. The van der Waals surface area contributed by atoms with Crippen molar-refractivity contribution in [3.05, 3.63) is 28.7 Å². The number of benzene rings is 1. The summed E-state index contributed by atoms with van der Waals surface area (Å²) in [6, 6.07) is 7.87. The maximum atomic E-state index is 11.7. The van der Waals surface area contributed by atoms with E-state index in [1.807, 2.05) is 31.2 Å². The number of likely N-dealkylation sites (tertiary alicyclic amines) is 1. The van der Waals surface area contributed by atoms with Crippen LogP contribution in [-0.2, 0) is 4.74 Å². The largest absolute Gasteiger partial charge is 0.492 e. The fourth-order valence-electron chi connectivity index (χ4n) is 2.54. The first-order chi connectivity index (χ1) is 12.1. The number of rotatable bonds is 6. The lowest BCUT2D eigenvalue weighted by Crippen LogP contribution is -2.48. The molecule has 0 radical (unpaired) electrons. The van der Waals surface area contributed by atoms with Gasteiger partial charge in [-0.1, -0.05) is 15.9 Å². The predicted molar refractivity (Wildman–Crippen MR) is 116 cm³/mol. The van der Waals surface area contributed by atoms with E-state index in [2.05, 4.69) is 26.2 Å². The van der Waals surface area contributed by atoms with Crippen molar-refractivity contribution in [2.45, 2.75) is 25.8 Å². The molecule has 0 unspecified atom stereocenters. The van der Waals surface area contributed by atoms with Crippen molar-refractivity contribution in [1.29, 1.82) is 0 Å². The zero-order chi connectivity index (χ0) is 18.1. The van der Waals surface area contributed by atoms with Crippen LogP contribution in [0.2, 0.25) is 0 Å². The van der Waals surface area contributed by atoms with Crippen LogP contribution in [0.3, 0.4) is 0 Å². The van der Waals surface area contributed by atoms with Gasteiger partial charge in [0.2, 0.25) is 0 Å². The summed E-state index contributed by atoms with van der Waals surface area (Å²) in [6.45, 7) is 4.48. The van der Waals surface area contributed by atoms with Crippen molar-refractivity contribution < 1.29 is 14.3 Å². The molecule has 1 aromatic carbocycles. The average molecular weight is 541 g/mol. The number of hydrogen-bond donors (Lipinski definition) is 2. The predicted octanol–water partition coefficient (Wildman–Crippen LogP) is 2.97. The Kier molecular flexibility index (Phi) is 10.7. The summed E-state index contributed by atoms with van der Waals surface area (Å²) in [7, 11) is 0. The van der Waals surface area contributed by atoms with Crippen LogP contribution in [0, 0.1) is 0 Å². The third-order valence-electron chi connectivity index (χ3n) is 3.83. The number of halogens is 2. The summed E-state index contributed by atoms with van der Waals surface area (Å²) in [5.74, 6) is 1.21. The topological polar surface area (TPSA) is 89.2 Å². The highest BCUT2D eigenvalue weighted by Gasteiger charge is 2.23. The zero-order valence-electron chi connectivity index (χ0n) is 14.8. The van der Waals surface area contributed by atoms with Gasteiger partial charge in [-0.05, 0) is 44.0 Å². The fourth-order valence-corrected chi connectivity index (χ4v) is 2.80. The van der Waals surface area contributed by atoms with Gasteiger partial charge in [0.05, 0.1) is 13.2 Å². The number of nitrogens with one attached hydrogen (secondary N) is 1. The molecule has 0 aliphatic carbocycles. The van der Waals surface area contributed by atoms with Gasteiger partial charge in [0, 0.05) is 23.6 Å². The van der Waals surface area contributed by atoms with Gasteiger partial charge in [-0.3, -0.25) is 0 Å². The third kappa shape index (κ3) is 7.98. The molecular formula is C17H26BrIN4O3. The van der Waals surface area contributed by atoms with Crippen molar-refractivity contribution in [2.75, 3.05) is 32.8 Å². The zero-order valence-corrected chi connectivity index (χ0v) is 18.7. The standard InChI is InChI=1S/C17H25BrN4O3.HI/c1-2-24-17(23)22-10-7-14(8-11-22)21-16(19)20-9-12-25-15-5-3-13(18)4-6-15;/h3-6,14H,2,7-12H2,1H3,(H3,19,20,21);1H. The molecule has 0 atom stereocenters. The number of aliphatic imine (C=N–C) groups is 1. The number of nitrogens with two attached hydrogens (primary N) is 1. The highest BCUT2D eigenvalue weighted by molar-refractivity contribution is 14.0. The van der Waals surface area contributed by atoms with Gasteiger partial charge in [0.25, 0.3) is 0 Å². The first-order valence-electron chi connectivity index (χ1n) is 8.45. The second-order valence-corrected chi connectivity index (χ2v) is 6.59. The Morgan fingerprint density at radius 3 is 2.62 bits per heavy atom. The maximum Gasteiger partial charge on any atom is 0.409 e. The van der Waals surface area contributed by atoms with Crippen LogP contribution in [0.4, 0.5) is 4.79 Å². The second-order valence-electron chi connectivity index (χ2n) is 5.67. The second kappa shape index (κ2) is 12.2. The van der Waals surface area contributed by atoms with Crippen molar-refractivity contribution in [2.24, 2.45) is 10.7 Å². The van der Waals surface area contributed by atoms with E-state index in [0.717, 1.165) is 23.1 Å². The molecule has 0 bridgehead atoms. The summed E-state index contributed by atoms with van der Waals surface area (Å²) in [6.07, 6.45) is 1.40. The monoisotopic (exact) mass is 540 g/mol. The molecule has 9 heteroatoms. The molecule has 0 aromatic heterocycles. The number of nitrogens with zero attached hydrogens (tertiary/aromatic N) is 2. The molecule has 26 heavy (non-hydrogen) atoms. The van der Waals surface area contributed by atoms with Crippen LogP contribution in [0.5, 0.6) is 5.75 Å². The lowest BCUT2D eigenvalue weighted by molar-refractivity contribution is 0.0963. The van der Waals surface area contributed by atoms with E-state index in [-0.39, 0.29) is 36.1 Å². The molecular weight excluding hydrogens is 515 g/mol. The smallest absolute Gasteiger partial charge is 0.409 e. The molecule has 146 valence electrons.